The molecule has 0 aliphatic carbocycles. The standard InChI is InChI=1S/C16H26N4O3/c1-10-7-13(15(21)22)9-20(8-10)16(23)17-6-5-14-11(2)18-19(4)12(14)3/h10,13H,5-9H2,1-4H3,(H,17,23)(H,21,22). The molecule has 0 bridgehead atoms. The molecule has 1 fully saturated rings. The number of amides is 2. The topological polar surface area (TPSA) is 87.5 Å². The minimum atomic E-state index is -0.823. The van der Waals surface area contributed by atoms with Gasteiger partial charge in [-0.25, -0.2) is 4.79 Å². The van der Waals surface area contributed by atoms with Gasteiger partial charge in [-0.1, -0.05) is 6.92 Å². The molecule has 2 atom stereocenters. The third-order valence-corrected chi connectivity index (χ3v) is 4.61. The number of rotatable bonds is 4. The highest BCUT2D eigenvalue weighted by atomic mass is 16.4. The maximum atomic E-state index is 12.3. The first-order valence-corrected chi connectivity index (χ1v) is 8.04. The van der Waals surface area contributed by atoms with Crippen LogP contribution in [0.5, 0.6) is 0 Å². The van der Waals surface area contributed by atoms with Crippen molar-refractivity contribution in [3.05, 3.63) is 17.0 Å². The number of nitrogens with one attached hydrogen (secondary N) is 1. The number of piperidine rings is 1. The van der Waals surface area contributed by atoms with Gasteiger partial charge >= 0.3 is 12.0 Å². The molecule has 0 saturated carbocycles. The van der Waals surface area contributed by atoms with Crippen molar-refractivity contribution in [2.24, 2.45) is 18.9 Å². The maximum Gasteiger partial charge on any atom is 0.317 e. The lowest BCUT2D eigenvalue weighted by molar-refractivity contribution is -0.143. The number of hydrogen-bond donors (Lipinski definition) is 2. The van der Waals surface area contributed by atoms with Crippen LogP contribution in [0.4, 0.5) is 4.79 Å². The van der Waals surface area contributed by atoms with Crippen LogP contribution in [0.2, 0.25) is 0 Å². The highest BCUT2D eigenvalue weighted by Gasteiger charge is 2.31. The summed E-state index contributed by atoms with van der Waals surface area (Å²) in [5, 5.41) is 16.4. The summed E-state index contributed by atoms with van der Waals surface area (Å²) in [6.07, 6.45) is 1.36. The molecule has 2 rings (SSSR count). The monoisotopic (exact) mass is 322 g/mol. The van der Waals surface area contributed by atoms with E-state index in [0.717, 1.165) is 23.4 Å². The van der Waals surface area contributed by atoms with Gasteiger partial charge in [0.1, 0.15) is 0 Å². The average molecular weight is 322 g/mol. The zero-order valence-corrected chi connectivity index (χ0v) is 14.3. The Kier molecular flexibility index (Phi) is 5.28. The van der Waals surface area contributed by atoms with Crippen molar-refractivity contribution < 1.29 is 14.7 Å². The van der Waals surface area contributed by atoms with Crippen LogP contribution in [0, 0.1) is 25.7 Å². The number of carbonyl (C=O) groups is 2. The molecule has 1 saturated heterocycles. The lowest BCUT2D eigenvalue weighted by Crippen LogP contribution is -2.49. The Morgan fingerprint density at radius 2 is 2.04 bits per heavy atom. The van der Waals surface area contributed by atoms with Gasteiger partial charge in [-0.2, -0.15) is 5.10 Å². The lowest BCUT2D eigenvalue weighted by Gasteiger charge is -2.34. The van der Waals surface area contributed by atoms with E-state index in [2.05, 4.69) is 10.4 Å². The van der Waals surface area contributed by atoms with Gasteiger partial charge < -0.3 is 15.3 Å². The van der Waals surface area contributed by atoms with E-state index < -0.39 is 11.9 Å². The van der Waals surface area contributed by atoms with Crippen molar-refractivity contribution in [3.63, 3.8) is 0 Å². The second-order valence-corrected chi connectivity index (χ2v) is 6.54. The third kappa shape index (κ3) is 4.03. The predicted octanol–water partition coefficient (Wildman–Crippen LogP) is 1.33. The number of urea groups is 1. The number of carboxylic acids is 1. The first-order chi connectivity index (χ1) is 10.8. The van der Waals surface area contributed by atoms with Gasteiger partial charge in [-0.05, 0) is 38.2 Å². The van der Waals surface area contributed by atoms with Gasteiger partial charge in [0.25, 0.3) is 0 Å². The quantitative estimate of drug-likeness (QED) is 0.875. The van der Waals surface area contributed by atoms with Gasteiger partial charge in [-0.15, -0.1) is 0 Å². The molecule has 1 aliphatic rings. The smallest absolute Gasteiger partial charge is 0.317 e. The Hall–Kier alpha value is -2.05. The highest BCUT2D eigenvalue weighted by molar-refractivity contribution is 5.76. The normalized spacial score (nSPS) is 21.3. The Bertz CT molecular complexity index is 596. The maximum absolute atomic E-state index is 12.3. The molecule has 23 heavy (non-hydrogen) atoms. The van der Waals surface area contributed by atoms with Crippen LogP contribution < -0.4 is 5.32 Å². The van der Waals surface area contributed by atoms with E-state index in [1.54, 1.807) is 4.90 Å². The minimum absolute atomic E-state index is 0.179. The molecule has 2 heterocycles. The van der Waals surface area contributed by atoms with E-state index in [-0.39, 0.29) is 18.5 Å². The van der Waals surface area contributed by atoms with Gasteiger partial charge in [0.05, 0.1) is 11.6 Å². The van der Waals surface area contributed by atoms with Crippen molar-refractivity contribution in [2.75, 3.05) is 19.6 Å². The second-order valence-electron chi connectivity index (χ2n) is 6.54. The Morgan fingerprint density at radius 3 is 2.61 bits per heavy atom. The summed E-state index contributed by atoms with van der Waals surface area (Å²) >= 11 is 0. The molecule has 128 valence electrons. The summed E-state index contributed by atoms with van der Waals surface area (Å²) in [4.78, 5) is 25.1. The van der Waals surface area contributed by atoms with E-state index in [9.17, 15) is 14.7 Å². The number of aryl methyl sites for hydroxylation is 2. The largest absolute Gasteiger partial charge is 0.481 e. The first kappa shape index (κ1) is 17.3. The number of likely N-dealkylation sites (tertiary alicyclic amines) is 1. The molecule has 2 N–H and O–H groups in total. The van der Waals surface area contributed by atoms with Crippen molar-refractivity contribution >= 4 is 12.0 Å². The number of aliphatic carboxylic acids is 1. The molecule has 0 aromatic carbocycles. The van der Waals surface area contributed by atoms with Gasteiger partial charge in [0, 0.05) is 32.4 Å². The molecule has 1 aliphatic heterocycles. The van der Waals surface area contributed by atoms with Crippen LogP contribution >= 0.6 is 0 Å². The second kappa shape index (κ2) is 7.02. The Balaban J connectivity index is 1.88. The van der Waals surface area contributed by atoms with Crippen molar-refractivity contribution in [1.82, 2.24) is 20.0 Å². The van der Waals surface area contributed by atoms with Crippen LogP contribution in [-0.2, 0) is 18.3 Å². The first-order valence-electron chi connectivity index (χ1n) is 8.04. The molecule has 2 unspecified atom stereocenters. The van der Waals surface area contributed by atoms with Crippen molar-refractivity contribution in [1.29, 1.82) is 0 Å². The summed E-state index contributed by atoms with van der Waals surface area (Å²) in [6.45, 7) is 7.39. The molecule has 7 nitrogen and oxygen atoms in total. The summed E-state index contributed by atoms with van der Waals surface area (Å²) in [7, 11) is 1.91. The SMILES string of the molecule is Cc1nn(C)c(C)c1CCNC(=O)N1CC(C)CC(C(=O)O)C1. The summed E-state index contributed by atoms with van der Waals surface area (Å²) in [5.41, 5.74) is 3.24. The molecule has 7 heteroatoms. The van der Waals surface area contributed by atoms with Crippen LogP contribution in [0.15, 0.2) is 0 Å². The van der Waals surface area contributed by atoms with Crippen molar-refractivity contribution in [3.8, 4) is 0 Å². The zero-order chi connectivity index (χ0) is 17.1. The summed E-state index contributed by atoms with van der Waals surface area (Å²) in [6, 6.07) is -0.179. The van der Waals surface area contributed by atoms with E-state index in [4.69, 9.17) is 0 Å². The van der Waals surface area contributed by atoms with Gasteiger partial charge in [-0.3, -0.25) is 9.48 Å². The molecular weight excluding hydrogens is 296 g/mol. The fraction of sp³-hybridized carbons (Fsp3) is 0.688. The lowest BCUT2D eigenvalue weighted by atomic mass is 9.91. The number of hydrogen-bond acceptors (Lipinski definition) is 3. The fourth-order valence-electron chi connectivity index (χ4n) is 3.28. The van der Waals surface area contributed by atoms with E-state index >= 15 is 0 Å². The van der Waals surface area contributed by atoms with Crippen LogP contribution in [-0.4, -0.2) is 51.4 Å². The van der Waals surface area contributed by atoms with Gasteiger partial charge in [0.2, 0.25) is 0 Å². The summed E-state index contributed by atoms with van der Waals surface area (Å²) < 4.78 is 1.84. The number of nitrogens with zero attached hydrogens (tertiary/aromatic N) is 3. The molecule has 0 spiro atoms. The number of carboxylic acid groups (broad SMARTS) is 1. The predicted molar refractivity (Wildman–Crippen MR) is 86.3 cm³/mol. The summed E-state index contributed by atoms with van der Waals surface area (Å²) in [5.74, 6) is -1.08. The van der Waals surface area contributed by atoms with Crippen LogP contribution in [0.3, 0.4) is 0 Å². The van der Waals surface area contributed by atoms with E-state index in [1.807, 2.05) is 32.5 Å². The van der Waals surface area contributed by atoms with E-state index in [1.165, 1.54) is 0 Å². The molecule has 0 radical (unpaired) electrons. The fourth-order valence-corrected chi connectivity index (χ4v) is 3.28. The van der Waals surface area contributed by atoms with Crippen LogP contribution in [0.1, 0.15) is 30.3 Å². The number of carbonyl (C=O) groups excluding carboxylic acids is 1. The van der Waals surface area contributed by atoms with E-state index in [0.29, 0.717) is 19.5 Å². The Labute approximate surface area is 136 Å². The average Bonchev–Trinajstić information content (AvgIpc) is 2.72. The Morgan fingerprint density at radius 1 is 1.35 bits per heavy atom. The molecular formula is C16H26N4O3. The van der Waals surface area contributed by atoms with Crippen molar-refractivity contribution in [2.45, 2.75) is 33.6 Å². The molecule has 2 amide bonds. The molecule has 1 aromatic rings. The van der Waals surface area contributed by atoms with Gasteiger partial charge in [0.15, 0.2) is 0 Å². The molecule has 1 aromatic heterocycles. The minimum Gasteiger partial charge on any atom is -0.481 e. The number of aromatic nitrogens is 2. The van der Waals surface area contributed by atoms with Crippen LogP contribution in [0.25, 0.3) is 0 Å². The zero-order valence-electron chi connectivity index (χ0n) is 14.3. The third-order valence-electron chi connectivity index (χ3n) is 4.61. The highest BCUT2D eigenvalue weighted by Crippen LogP contribution is 2.21.